The van der Waals surface area contributed by atoms with Gasteiger partial charge in [-0.1, -0.05) is 27.7 Å². The van der Waals surface area contributed by atoms with Crippen LogP contribution in [-0.4, -0.2) is 55.3 Å². The molecule has 0 radical (unpaired) electrons. The molecule has 0 aromatic carbocycles. The molecular weight excluding hydrogens is 296 g/mol. The number of nitrogens with one attached hydrogen (secondary N) is 1. The monoisotopic (exact) mass is 326 g/mol. The van der Waals surface area contributed by atoms with Gasteiger partial charge in [0.15, 0.2) is 0 Å². The largest absolute Gasteiger partial charge is 0.453 e. The molecule has 1 N–H and O–H groups in total. The van der Waals surface area contributed by atoms with Gasteiger partial charge in [0.2, 0.25) is 5.91 Å². The number of hydrogen-bond acceptors (Lipinski definition) is 4. The first kappa shape index (κ1) is 18.0. The van der Waals surface area contributed by atoms with E-state index in [4.69, 9.17) is 4.74 Å². The lowest BCUT2D eigenvalue weighted by atomic mass is 9.88. The van der Waals surface area contributed by atoms with E-state index < -0.39 is 12.1 Å². The Bertz CT molecular complexity index is 452. The Labute approximate surface area is 138 Å². The van der Waals surface area contributed by atoms with Gasteiger partial charge in [-0.3, -0.25) is 4.79 Å². The third-order valence-electron chi connectivity index (χ3n) is 5.30. The van der Waals surface area contributed by atoms with Crippen LogP contribution in [0.25, 0.3) is 0 Å². The number of methoxy groups -OCH3 is 2. The van der Waals surface area contributed by atoms with Crippen molar-refractivity contribution in [1.82, 2.24) is 10.2 Å². The zero-order chi connectivity index (χ0) is 17.3. The van der Waals surface area contributed by atoms with Gasteiger partial charge < -0.3 is 19.7 Å². The number of fused-ring (bicyclic) bond motifs is 2. The van der Waals surface area contributed by atoms with Crippen molar-refractivity contribution in [2.24, 2.45) is 17.8 Å². The number of nitrogens with zero attached hydrogens (tertiary/aromatic N) is 1. The fraction of sp³-hybridized carbons (Fsp3) is 0.882. The summed E-state index contributed by atoms with van der Waals surface area (Å²) in [6.45, 7) is 8.19. The minimum atomic E-state index is -0.569. The van der Waals surface area contributed by atoms with Crippen LogP contribution in [0.5, 0.6) is 0 Å². The standard InChI is InChI=1S/C17H30N2O4/c1-9(2)14(18-17(21)23-6)16(20)19-12-7-11(8-13(12)22-5)15(19)10(3)4/h9-15H,7-8H2,1-6H3,(H,18,21)/t11-,12+,13+,14+,15-/m1/s1. The second-order valence-corrected chi connectivity index (χ2v) is 7.41. The van der Waals surface area contributed by atoms with Crippen LogP contribution < -0.4 is 5.32 Å². The normalized spacial score (nSPS) is 30.9. The van der Waals surface area contributed by atoms with E-state index in [2.05, 4.69) is 23.9 Å². The maximum Gasteiger partial charge on any atom is 0.407 e. The van der Waals surface area contributed by atoms with Crippen LogP contribution in [0.4, 0.5) is 4.79 Å². The van der Waals surface area contributed by atoms with Gasteiger partial charge >= 0.3 is 6.09 Å². The second-order valence-electron chi connectivity index (χ2n) is 7.41. The number of likely N-dealkylation sites (tertiary alicyclic amines) is 1. The van der Waals surface area contributed by atoms with Crippen LogP contribution in [0.1, 0.15) is 40.5 Å². The van der Waals surface area contributed by atoms with Crippen molar-refractivity contribution in [3.8, 4) is 0 Å². The highest BCUT2D eigenvalue weighted by Crippen LogP contribution is 2.46. The summed E-state index contributed by atoms with van der Waals surface area (Å²) < 4.78 is 10.3. The van der Waals surface area contributed by atoms with Gasteiger partial charge in [-0.25, -0.2) is 4.79 Å². The number of rotatable bonds is 5. The van der Waals surface area contributed by atoms with Gasteiger partial charge in [0.25, 0.3) is 0 Å². The SMILES string of the molecule is COC(=O)N[C@H](C(=O)N1[C@H](C(C)C)[C@H]2C[C@H](OC)[C@@H]1C2)C(C)C. The first-order chi connectivity index (χ1) is 10.8. The Hall–Kier alpha value is -1.30. The molecule has 6 nitrogen and oxygen atoms in total. The number of piperidine rings is 1. The van der Waals surface area contributed by atoms with Crippen LogP contribution in [-0.2, 0) is 14.3 Å². The summed E-state index contributed by atoms with van der Waals surface area (Å²) in [4.78, 5) is 26.8. The van der Waals surface area contributed by atoms with Gasteiger partial charge in [0, 0.05) is 13.2 Å². The molecule has 1 saturated carbocycles. The van der Waals surface area contributed by atoms with Crippen molar-refractivity contribution in [2.75, 3.05) is 14.2 Å². The van der Waals surface area contributed by atoms with Crippen molar-refractivity contribution < 1.29 is 19.1 Å². The molecule has 0 unspecified atom stereocenters. The smallest absolute Gasteiger partial charge is 0.407 e. The maximum atomic E-state index is 13.2. The summed E-state index contributed by atoms with van der Waals surface area (Å²) in [5.41, 5.74) is 0. The van der Waals surface area contributed by atoms with Crippen molar-refractivity contribution in [1.29, 1.82) is 0 Å². The van der Waals surface area contributed by atoms with Crippen LogP contribution in [0.15, 0.2) is 0 Å². The molecule has 132 valence electrons. The van der Waals surface area contributed by atoms with Crippen LogP contribution in [0, 0.1) is 17.8 Å². The lowest BCUT2D eigenvalue weighted by molar-refractivity contribution is -0.144. The molecule has 2 aliphatic rings. The summed E-state index contributed by atoms with van der Waals surface area (Å²) in [6.07, 6.45) is 1.55. The summed E-state index contributed by atoms with van der Waals surface area (Å²) in [6, 6.07) is -0.231. The fourth-order valence-electron chi connectivity index (χ4n) is 4.32. The lowest BCUT2D eigenvalue weighted by Gasteiger charge is -2.43. The summed E-state index contributed by atoms with van der Waals surface area (Å²) in [5, 5.41) is 2.70. The second kappa shape index (κ2) is 7.07. The van der Waals surface area contributed by atoms with E-state index in [1.807, 2.05) is 18.7 Å². The van der Waals surface area contributed by atoms with Gasteiger partial charge in [-0.2, -0.15) is 0 Å². The van der Waals surface area contributed by atoms with E-state index in [0.29, 0.717) is 11.8 Å². The van der Waals surface area contributed by atoms with E-state index >= 15 is 0 Å². The molecule has 0 spiro atoms. The van der Waals surface area contributed by atoms with Crippen molar-refractivity contribution >= 4 is 12.0 Å². The first-order valence-electron chi connectivity index (χ1n) is 8.51. The average molecular weight is 326 g/mol. The van der Waals surface area contributed by atoms with Crippen LogP contribution in [0.3, 0.4) is 0 Å². The predicted molar refractivity (Wildman–Crippen MR) is 86.9 cm³/mol. The number of carbonyl (C=O) groups excluding carboxylic acids is 2. The molecule has 0 aromatic rings. The van der Waals surface area contributed by atoms with Gasteiger partial charge in [-0.15, -0.1) is 0 Å². The molecule has 2 bridgehead atoms. The lowest BCUT2D eigenvalue weighted by Crippen LogP contribution is -2.59. The van der Waals surface area contributed by atoms with Crippen molar-refractivity contribution in [2.45, 2.75) is 64.8 Å². The topological polar surface area (TPSA) is 67.9 Å². The molecule has 2 amide bonds. The Balaban J connectivity index is 2.24. The Morgan fingerprint density at radius 2 is 1.78 bits per heavy atom. The van der Waals surface area contributed by atoms with E-state index in [0.717, 1.165) is 12.8 Å². The zero-order valence-corrected chi connectivity index (χ0v) is 15.0. The number of alkyl carbamates (subject to hydrolysis) is 1. The highest BCUT2D eigenvalue weighted by atomic mass is 16.5. The molecule has 1 heterocycles. The van der Waals surface area contributed by atoms with Crippen LogP contribution >= 0.6 is 0 Å². The number of carbonyl (C=O) groups is 2. The number of ether oxygens (including phenoxy) is 2. The molecule has 6 heteroatoms. The molecule has 0 aromatic heterocycles. The van der Waals surface area contributed by atoms with E-state index in [1.54, 1.807) is 7.11 Å². The highest BCUT2D eigenvalue weighted by molar-refractivity contribution is 5.87. The van der Waals surface area contributed by atoms with Gasteiger partial charge in [-0.05, 0) is 30.6 Å². The zero-order valence-electron chi connectivity index (χ0n) is 15.0. The molecule has 5 atom stereocenters. The fourth-order valence-corrected chi connectivity index (χ4v) is 4.32. The number of hydrogen-bond donors (Lipinski definition) is 1. The first-order valence-corrected chi connectivity index (χ1v) is 8.51. The van der Waals surface area contributed by atoms with E-state index in [1.165, 1.54) is 7.11 Å². The molecule has 1 aliphatic heterocycles. The summed E-state index contributed by atoms with van der Waals surface area (Å²) in [5.74, 6) is 0.852. The Kier molecular flexibility index (Phi) is 5.55. The maximum absolute atomic E-state index is 13.2. The minimum Gasteiger partial charge on any atom is -0.453 e. The summed E-state index contributed by atoms with van der Waals surface area (Å²) in [7, 11) is 3.03. The molecule has 23 heavy (non-hydrogen) atoms. The Morgan fingerprint density at radius 3 is 2.26 bits per heavy atom. The van der Waals surface area contributed by atoms with Crippen molar-refractivity contribution in [3.05, 3.63) is 0 Å². The van der Waals surface area contributed by atoms with Gasteiger partial charge in [0.1, 0.15) is 6.04 Å². The van der Waals surface area contributed by atoms with Crippen molar-refractivity contribution in [3.63, 3.8) is 0 Å². The van der Waals surface area contributed by atoms with E-state index in [9.17, 15) is 9.59 Å². The highest BCUT2D eigenvalue weighted by Gasteiger charge is 2.55. The molecule has 1 aliphatic carbocycles. The van der Waals surface area contributed by atoms with Crippen LogP contribution in [0.2, 0.25) is 0 Å². The Morgan fingerprint density at radius 1 is 1.13 bits per heavy atom. The molecule has 2 rings (SSSR count). The van der Waals surface area contributed by atoms with Gasteiger partial charge in [0.05, 0.1) is 19.3 Å². The third kappa shape index (κ3) is 3.32. The predicted octanol–water partition coefficient (Wildman–Crippen LogP) is 2.03. The quantitative estimate of drug-likeness (QED) is 0.839. The molecular formula is C17H30N2O4. The number of amides is 2. The molecule has 2 fully saturated rings. The van der Waals surface area contributed by atoms with E-state index in [-0.39, 0.29) is 30.0 Å². The average Bonchev–Trinajstić information content (AvgIpc) is 3.08. The third-order valence-corrected chi connectivity index (χ3v) is 5.30. The molecule has 1 saturated heterocycles. The summed E-state index contributed by atoms with van der Waals surface area (Å²) >= 11 is 0. The minimum absolute atomic E-state index is 0.00506.